The highest BCUT2D eigenvalue weighted by Gasteiger charge is 2.29. The molecule has 0 aliphatic rings. The quantitative estimate of drug-likeness (QED) is 0.693. The summed E-state index contributed by atoms with van der Waals surface area (Å²) in [5.41, 5.74) is -0.361. The van der Waals surface area contributed by atoms with Crippen LogP contribution in [0.3, 0.4) is 0 Å². The third kappa shape index (κ3) is 5.17. The van der Waals surface area contributed by atoms with Crippen LogP contribution in [0.1, 0.15) is 47.5 Å². The van der Waals surface area contributed by atoms with Crippen molar-refractivity contribution in [3.8, 4) is 0 Å². The van der Waals surface area contributed by atoms with E-state index in [2.05, 4.69) is 0 Å². The van der Waals surface area contributed by atoms with Crippen molar-refractivity contribution in [2.45, 2.75) is 53.6 Å². The van der Waals surface area contributed by atoms with E-state index >= 15 is 0 Å². The van der Waals surface area contributed by atoms with E-state index in [4.69, 9.17) is 4.74 Å². The van der Waals surface area contributed by atoms with E-state index in [-0.39, 0.29) is 23.9 Å². The van der Waals surface area contributed by atoms with Crippen molar-refractivity contribution >= 4 is 5.97 Å². The molecular formula is C12H24O3. The van der Waals surface area contributed by atoms with Crippen LogP contribution < -0.4 is 0 Å². The standard InChI is InChI=1S/C12H24O3/c1-6-7-10(13)12(4,5)8-15-11(14)9(2)3/h9-10,13H,6-8H2,1-5H3. The van der Waals surface area contributed by atoms with Crippen LogP contribution in [0.4, 0.5) is 0 Å². The molecule has 0 saturated heterocycles. The molecule has 3 heteroatoms. The Balaban J connectivity index is 4.08. The second-order valence-electron chi connectivity index (χ2n) is 5.06. The Kier molecular flexibility index (Phi) is 5.88. The van der Waals surface area contributed by atoms with Crippen LogP contribution in [0.15, 0.2) is 0 Å². The summed E-state index contributed by atoms with van der Waals surface area (Å²) in [6.45, 7) is 9.75. The first kappa shape index (κ1) is 14.4. The first-order valence-corrected chi connectivity index (χ1v) is 5.66. The molecule has 0 saturated carbocycles. The number of carbonyl (C=O) groups excluding carboxylic acids is 1. The van der Waals surface area contributed by atoms with Gasteiger partial charge in [0.1, 0.15) is 0 Å². The summed E-state index contributed by atoms with van der Waals surface area (Å²) >= 11 is 0. The van der Waals surface area contributed by atoms with E-state index in [0.717, 1.165) is 12.8 Å². The fraction of sp³-hybridized carbons (Fsp3) is 0.917. The molecule has 15 heavy (non-hydrogen) atoms. The zero-order valence-corrected chi connectivity index (χ0v) is 10.5. The molecular weight excluding hydrogens is 192 g/mol. The predicted molar refractivity (Wildman–Crippen MR) is 60.5 cm³/mol. The average molecular weight is 216 g/mol. The summed E-state index contributed by atoms with van der Waals surface area (Å²) in [5.74, 6) is -0.309. The number of aliphatic hydroxyl groups excluding tert-OH is 1. The van der Waals surface area contributed by atoms with Gasteiger partial charge in [0.2, 0.25) is 0 Å². The summed E-state index contributed by atoms with van der Waals surface area (Å²) in [6.07, 6.45) is 1.26. The smallest absolute Gasteiger partial charge is 0.308 e. The predicted octanol–water partition coefficient (Wildman–Crippen LogP) is 2.37. The van der Waals surface area contributed by atoms with E-state index < -0.39 is 6.10 Å². The third-order valence-electron chi connectivity index (χ3n) is 2.52. The maximum Gasteiger partial charge on any atom is 0.308 e. The summed E-state index contributed by atoms with van der Waals surface area (Å²) in [7, 11) is 0. The highest BCUT2D eigenvalue weighted by molar-refractivity contribution is 5.71. The summed E-state index contributed by atoms with van der Waals surface area (Å²) in [6, 6.07) is 0. The van der Waals surface area contributed by atoms with Gasteiger partial charge in [0.15, 0.2) is 0 Å². The van der Waals surface area contributed by atoms with Crippen LogP contribution in [-0.4, -0.2) is 23.8 Å². The van der Waals surface area contributed by atoms with Crippen molar-refractivity contribution in [1.29, 1.82) is 0 Å². The van der Waals surface area contributed by atoms with Crippen LogP contribution in [-0.2, 0) is 9.53 Å². The van der Waals surface area contributed by atoms with E-state index in [9.17, 15) is 9.90 Å². The SMILES string of the molecule is CCCC(O)C(C)(C)COC(=O)C(C)C. The molecule has 3 nitrogen and oxygen atoms in total. The van der Waals surface area contributed by atoms with E-state index in [0.29, 0.717) is 0 Å². The van der Waals surface area contributed by atoms with Crippen molar-refractivity contribution in [2.75, 3.05) is 6.61 Å². The normalized spacial score (nSPS) is 14.1. The van der Waals surface area contributed by atoms with Gasteiger partial charge < -0.3 is 9.84 Å². The fourth-order valence-electron chi connectivity index (χ4n) is 1.18. The lowest BCUT2D eigenvalue weighted by Crippen LogP contribution is -2.35. The number of ether oxygens (including phenoxy) is 1. The lowest BCUT2D eigenvalue weighted by atomic mass is 9.85. The first-order valence-electron chi connectivity index (χ1n) is 5.66. The van der Waals surface area contributed by atoms with Gasteiger partial charge in [0.05, 0.1) is 18.6 Å². The van der Waals surface area contributed by atoms with Gasteiger partial charge in [-0.2, -0.15) is 0 Å². The first-order chi connectivity index (χ1) is 6.81. The van der Waals surface area contributed by atoms with E-state index in [1.807, 2.05) is 20.8 Å². The van der Waals surface area contributed by atoms with Crippen molar-refractivity contribution < 1.29 is 14.6 Å². The Labute approximate surface area is 92.8 Å². The third-order valence-corrected chi connectivity index (χ3v) is 2.52. The van der Waals surface area contributed by atoms with Gasteiger partial charge in [-0.05, 0) is 6.42 Å². The molecule has 0 radical (unpaired) electrons. The zero-order valence-electron chi connectivity index (χ0n) is 10.5. The Hall–Kier alpha value is -0.570. The molecule has 0 fully saturated rings. The second-order valence-corrected chi connectivity index (χ2v) is 5.06. The van der Waals surface area contributed by atoms with Gasteiger partial charge in [0, 0.05) is 5.41 Å². The van der Waals surface area contributed by atoms with Crippen LogP contribution in [0.2, 0.25) is 0 Å². The Morgan fingerprint density at radius 1 is 1.40 bits per heavy atom. The Morgan fingerprint density at radius 2 is 1.93 bits per heavy atom. The maximum atomic E-state index is 11.3. The van der Waals surface area contributed by atoms with Crippen LogP contribution in [0.5, 0.6) is 0 Å². The minimum atomic E-state index is -0.414. The van der Waals surface area contributed by atoms with Crippen LogP contribution >= 0.6 is 0 Å². The van der Waals surface area contributed by atoms with Gasteiger partial charge in [-0.1, -0.05) is 41.0 Å². The second kappa shape index (κ2) is 6.11. The molecule has 0 amide bonds. The summed E-state index contributed by atoms with van der Waals surface area (Å²) in [5, 5.41) is 9.84. The minimum Gasteiger partial charge on any atom is -0.465 e. The molecule has 1 atom stereocenters. The van der Waals surface area contributed by atoms with Gasteiger partial charge in [0.25, 0.3) is 0 Å². The molecule has 0 aliphatic carbocycles. The summed E-state index contributed by atoms with van der Waals surface area (Å²) < 4.78 is 5.14. The van der Waals surface area contributed by atoms with Crippen molar-refractivity contribution in [1.82, 2.24) is 0 Å². The van der Waals surface area contributed by atoms with E-state index in [1.165, 1.54) is 0 Å². The number of rotatable bonds is 6. The highest BCUT2D eigenvalue weighted by atomic mass is 16.5. The minimum absolute atomic E-state index is 0.107. The van der Waals surface area contributed by atoms with Gasteiger partial charge >= 0.3 is 5.97 Å². The molecule has 90 valence electrons. The molecule has 0 aromatic carbocycles. The number of hydrogen-bond donors (Lipinski definition) is 1. The molecule has 0 aromatic heterocycles. The van der Waals surface area contributed by atoms with Gasteiger partial charge in [-0.25, -0.2) is 0 Å². The van der Waals surface area contributed by atoms with Crippen LogP contribution in [0.25, 0.3) is 0 Å². The van der Waals surface area contributed by atoms with Crippen molar-refractivity contribution in [2.24, 2.45) is 11.3 Å². The number of esters is 1. The van der Waals surface area contributed by atoms with Gasteiger partial charge in [-0.15, -0.1) is 0 Å². The lowest BCUT2D eigenvalue weighted by Gasteiger charge is -2.30. The monoisotopic (exact) mass is 216 g/mol. The van der Waals surface area contributed by atoms with Gasteiger partial charge in [-0.3, -0.25) is 4.79 Å². The summed E-state index contributed by atoms with van der Waals surface area (Å²) in [4.78, 5) is 11.3. The van der Waals surface area contributed by atoms with Crippen molar-refractivity contribution in [3.05, 3.63) is 0 Å². The number of carbonyl (C=O) groups is 1. The maximum absolute atomic E-state index is 11.3. The Bertz CT molecular complexity index is 197. The molecule has 0 spiro atoms. The topological polar surface area (TPSA) is 46.5 Å². The molecule has 0 bridgehead atoms. The molecule has 1 unspecified atom stereocenters. The highest BCUT2D eigenvalue weighted by Crippen LogP contribution is 2.24. The largest absolute Gasteiger partial charge is 0.465 e. The number of aliphatic hydroxyl groups is 1. The molecule has 0 rings (SSSR count). The average Bonchev–Trinajstić information content (AvgIpc) is 2.14. The number of hydrogen-bond acceptors (Lipinski definition) is 3. The van der Waals surface area contributed by atoms with Crippen LogP contribution in [0, 0.1) is 11.3 Å². The zero-order chi connectivity index (χ0) is 12.1. The molecule has 1 N–H and O–H groups in total. The molecule has 0 heterocycles. The Morgan fingerprint density at radius 3 is 2.33 bits per heavy atom. The fourth-order valence-corrected chi connectivity index (χ4v) is 1.18. The lowest BCUT2D eigenvalue weighted by molar-refractivity contribution is -0.153. The van der Waals surface area contributed by atoms with E-state index in [1.54, 1.807) is 13.8 Å². The molecule has 0 aliphatic heterocycles. The molecule has 0 aromatic rings. The van der Waals surface area contributed by atoms with Crippen molar-refractivity contribution in [3.63, 3.8) is 0 Å².